The van der Waals surface area contributed by atoms with Crippen LogP contribution in [0.15, 0.2) is 5.16 Å². The molecule has 1 heterocycles. The number of hydrogen-bond donors (Lipinski definition) is 2. The smallest absolute Gasteiger partial charge is 0.312 e. The van der Waals surface area contributed by atoms with Crippen LogP contribution in [0.2, 0.25) is 0 Å². The second kappa shape index (κ2) is 4.52. The average Bonchev–Trinajstić information content (AvgIpc) is 2.60. The zero-order chi connectivity index (χ0) is 11.5. The van der Waals surface area contributed by atoms with E-state index in [0.717, 1.165) is 0 Å². The summed E-state index contributed by atoms with van der Waals surface area (Å²) in [5.74, 6) is 0.559. The van der Waals surface area contributed by atoms with Gasteiger partial charge in [0.25, 0.3) is 0 Å². The SMILES string of the molecule is COC(=O)C(C)(C)CSc1n[nH]c(N)n1. The number of H-pyrrole nitrogens is 1. The lowest BCUT2D eigenvalue weighted by Gasteiger charge is -2.19. The Kier molecular flexibility index (Phi) is 3.57. The Balaban J connectivity index is 2.53. The van der Waals surface area contributed by atoms with E-state index in [1.54, 1.807) is 0 Å². The largest absolute Gasteiger partial charge is 0.469 e. The molecule has 0 aliphatic rings. The maximum Gasteiger partial charge on any atom is 0.312 e. The lowest BCUT2D eigenvalue weighted by atomic mass is 9.97. The van der Waals surface area contributed by atoms with Crippen LogP contribution in [0.1, 0.15) is 13.8 Å². The van der Waals surface area contributed by atoms with Gasteiger partial charge >= 0.3 is 5.97 Å². The number of nitrogens with one attached hydrogen (secondary N) is 1. The van der Waals surface area contributed by atoms with Crippen molar-refractivity contribution in [1.82, 2.24) is 15.2 Å². The highest BCUT2D eigenvalue weighted by Crippen LogP contribution is 2.26. The molecule has 6 nitrogen and oxygen atoms in total. The number of esters is 1. The number of nitrogens with zero attached hydrogens (tertiary/aromatic N) is 2. The molecule has 1 aromatic rings. The number of ether oxygens (including phenoxy) is 1. The molecule has 0 fully saturated rings. The number of carbonyl (C=O) groups is 1. The Morgan fingerprint density at radius 3 is 2.80 bits per heavy atom. The Hall–Kier alpha value is -1.24. The molecule has 7 heteroatoms. The van der Waals surface area contributed by atoms with Crippen molar-refractivity contribution < 1.29 is 9.53 Å². The molecule has 84 valence electrons. The summed E-state index contributed by atoms with van der Waals surface area (Å²) in [6, 6.07) is 0. The fraction of sp³-hybridized carbons (Fsp3) is 0.625. The van der Waals surface area contributed by atoms with Crippen LogP contribution < -0.4 is 5.73 Å². The fourth-order valence-corrected chi connectivity index (χ4v) is 1.78. The summed E-state index contributed by atoms with van der Waals surface area (Å²) in [5, 5.41) is 6.91. The fourth-order valence-electron chi connectivity index (χ4n) is 0.903. The van der Waals surface area contributed by atoms with E-state index in [2.05, 4.69) is 19.9 Å². The van der Waals surface area contributed by atoms with E-state index in [4.69, 9.17) is 5.73 Å². The molecule has 0 atom stereocenters. The van der Waals surface area contributed by atoms with E-state index in [1.165, 1.54) is 18.9 Å². The highest BCUT2D eigenvalue weighted by Gasteiger charge is 2.29. The number of aromatic nitrogens is 3. The maximum absolute atomic E-state index is 11.4. The van der Waals surface area contributed by atoms with Gasteiger partial charge in [0.15, 0.2) is 0 Å². The third-order valence-electron chi connectivity index (χ3n) is 1.78. The lowest BCUT2D eigenvalue weighted by molar-refractivity contribution is -0.149. The topological polar surface area (TPSA) is 93.9 Å². The standard InChI is InChI=1S/C8H14N4O2S/c1-8(2,5(13)14-3)4-15-7-10-6(9)11-12-7/h4H2,1-3H3,(H3,9,10,11,12). The van der Waals surface area contributed by atoms with Crippen LogP contribution in [0.25, 0.3) is 0 Å². The van der Waals surface area contributed by atoms with Gasteiger partial charge in [-0.05, 0) is 13.8 Å². The molecule has 3 N–H and O–H groups in total. The van der Waals surface area contributed by atoms with Crippen molar-refractivity contribution in [2.24, 2.45) is 5.41 Å². The minimum absolute atomic E-state index is 0.251. The minimum atomic E-state index is -0.561. The van der Waals surface area contributed by atoms with Crippen molar-refractivity contribution in [3.63, 3.8) is 0 Å². The highest BCUT2D eigenvalue weighted by atomic mass is 32.2. The van der Waals surface area contributed by atoms with Crippen molar-refractivity contribution in [2.75, 3.05) is 18.6 Å². The van der Waals surface area contributed by atoms with Crippen LogP contribution in [0.5, 0.6) is 0 Å². The highest BCUT2D eigenvalue weighted by molar-refractivity contribution is 7.99. The molecular formula is C8H14N4O2S. The molecule has 1 aromatic heterocycles. The van der Waals surface area contributed by atoms with Crippen LogP contribution in [0.3, 0.4) is 0 Å². The summed E-state index contributed by atoms with van der Waals surface area (Å²) >= 11 is 1.36. The Labute approximate surface area is 92.0 Å². The van der Waals surface area contributed by atoms with E-state index in [1.807, 2.05) is 13.8 Å². The molecule has 0 radical (unpaired) electrons. The summed E-state index contributed by atoms with van der Waals surface area (Å²) < 4.78 is 4.68. The summed E-state index contributed by atoms with van der Waals surface area (Å²) in [5.41, 5.74) is 4.81. The van der Waals surface area contributed by atoms with Crippen LogP contribution in [-0.4, -0.2) is 34.0 Å². The number of anilines is 1. The number of methoxy groups -OCH3 is 1. The number of carbonyl (C=O) groups excluding carboxylic acids is 1. The van der Waals surface area contributed by atoms with Crippen molar-refractivity contribution in [3.8, 4) is 0 Å². The van der Waals surface area contributed by atoms with Gasteiger partial charge in [-0.15, -0.1) is 5.10 Å². The van der Waals surface area contributed by atoms with Crippen molar-refractivity contribution in [1.29, 1.82) is 0 Å². The monoisotopic (exact) mass is 230 g/mol. The van der Waals surface area contributed by atoms with E-state index in [9.17, 15) is 4.79 Å². The molecule has 1 rings (SSSR count). The zero-order valence-corrected chi connectivity index (χ0v) is 9.72. The first-order valence-electron chi connectivity index (χ1n) is 4.35. The number of hydrogen-bond acceptors (Lipinski definition) is 6. The number of rotatable bonds is 4. The zero-order valence-electron chi connectivity index (χ0n) is 8.90. The predicted molar refractivity (Wildman–Crippen MR) is 57.3 cm³/mol. The molecule has 0 spiro atoms. The Bertz CT molecular complexity index is 350. The molecule has 0 bridgehead atoms. The van der Waals surface area contributed by atoms with E-state index >= 15 is 0 Å². The van der Waals surface area contributed by atoms with Gasteiger partial charge < -0.3 is 10.5 Å². The Morgan fingerprint density at radius 2 is 2.33 bits per heavy atom. The number of nitrogens with two attached hydrogens (primary N) is 1. The van der Waals surface area contributed by atoms with Gasteiger partial charge in [-0.2, -0.15) is 4.98 Å². The van der Waals surface area contributed by atoms with E-state index < -0.39 is 5.41 Å². The molecule has 0 saturated heterocycles. The molecule has 0 amide bonds. The molecule has 0 aromatic carbocycles. The number of aromatic amines is 1. The van der Waals surface area contributed by atoms with Gasteiger partial charge in [-0.25, -0.2) is 5.10 Å². The first-order valence-corrected chi connectivity index (χ1v) is 5.33. The first-order chi connectivity index (χ1) is 6.95. The van der Waals surface area contributed by atoms with E-state index in [-0.39, 0.29) is 11.9 Å². The van der Waals surface area contributed by atoms with Crippen molar-refractivity contribution in [2.45, 2.75) is 19.0 Å². The molecule has 15 heavy (non-hydrogen) atoms. The third kappa shape index (κ3) is 3.12. The van der Waals surface area contributed by atoms with Gasteiger partial charge in [-0.1, -0.05) is 11.8 Å². The first kappa shape index (κ1) is 11.8. The predicted octanol–water partition coefficient (Wildman–Crippen LogP) is 0.678. The van der Waals surface area contributed by atoms with Crippen molar-refractivity contribution in [3.05, 3.63) is 0 Å². The molecule has 0 aliphatic heterocycles. The average molecular weight is 230 g/mol. The van der Waals surface area contributed by atoms with Gasteiger partial charge in [-0.3, -0.25) is 4.79 Å². The summed E-state index contributed by atoms with van der Waals surface area (Å²) in [6.07, 6.45) is 0. The lowest BCUT2D eigenvalue weighted by Crippen LogP contribution is -2.28. The number of thioether (sulfide) groups is 1. The Morgan fingerprint density at radius 1 is 1.67 bits per heavy atom. The van der Waals surface area contributed by atoms with Crippen LogP contribution >= 0.6 is 11.8 Å². The van der Waals surface area contributed by atoms with Gasteiger partial charge in [0.2, 0.25) is 11.1 Å². The van der Waals surface area contributed by atoms with Crippen LogP contribution in [0.4, 0.5) is 5.95 Å². The normalized spacial score (nSPS) is 11.4. The number of nitrogen functional groups attached to an aromatic ring is 1. The van der Waals surface area contributed by atoms with Gasteiger partial charge in [0.1, 0.15) is 0 Å². The molecular weight excluding hydrogens is 216 g/mol. The molecule has 0 unspecified atom stereocenters. The van der Waals surface area contributed by atoms with Gasteiger partial charge in [0, 0.05) is 5.75 Å². The minimum Gasteiger partial charge on any atom is -0.469 e. The quantitative estimate of drug-likeness (QED) is 0.583. The van der Waals surface area contributed by atoms with Gasteiger partial charge in [0.05, 0.1) is 12.5 Å². The van der Waals surface area contributed by atoms with Crippen LogP contribution in [0, 0.1) is 5.41 Å². The molecule has 0 aliphatic carbocycles. The summed E-state index contributed by atoms with van der Waals surface area (Å²) in [6.45, 7) is 3.61. The van der Waals surface area contributed by atoms with Crippen LogP contribution in [-0.2, 0) is 9.53 Å². The second-order valence-electron chi connectivity index (χ2n) is 3.67. The second-order valence-corrected chi connectivity index (χ2v) is 4.61. The molecule has 0 saturated carbocycles. The summed E-state index contributed by atoms with van der Waals surface area (Å²) in [4.78, 5) is 15.3. The van der Waals surface area contributed by atoms with Crippen molar-refractivity contribution >= 4 is 23.7 Å². The summed E-state index contributed by atoms with van der Waals surface area (Å²) in [7, 11) is 1.37. The maximum atomic E-state index is 11.4. The third-order valence-corrected chi connectivity index (χ3v) is 3.09. The van der Waals surface area contributed by atoms with E-state index in [0.29, 0.717) is 10.9 Å².